The number of carbonyl (C=O) groups is 1. The van der Waals surface area contributed by atoms with E-state index in [4.69, 9.17) is 196 Å². The first-order chi connectivity index (χ1) is 69.0. The van der Waals surface area contributed by atoms with Crippen LogP contribution in [0.3, 0.4) is 0 Å². The summed E-state index contributed by atoms with van der Waals surface area (Å²) in [5.74, 6) is 1.36. The highest BCUT2D eigenvalue weighted by Crippen LogP contribution is 2.32. The molecular weight excluding hydrogens is 2210 g/mol. The smallest absolute Gasteiger partial charge is 0.249 e. The van der Waals surface area contributed by atoms with Gasteiger partial charge in [-0.1, -0.05) is 134 Å². The van der Waals surface area contributed by atoms with Crippen LogP contribution in [0.5, 0.6) is 0 Å². The number of aromatic nitrogens is 9. The number of halogens is 21. The van der Waals surface area contributed by atoms with E-state index in [9.17, 15) is 48.7 Å². The summed E-state index contributed by atoms with van der Waals surface area (Å²) in [6, 6.07) is 41.3. The van der Waals surface area contributed by atoms with E-state index in [1.807, 2.05) is 71.9 Å². The van der Waals surface area contributed by atoms with Crippen LogP contribution in [0.4, 0.5) is 107 Å². The number of carbonyl (C=O) groups excluding carboxylic acids is 1. The Morgan fingerprint density at radius 3 is 1.24 bits per heavy atom. The van der Waals surface area contributed by atoms with Gasteiger partial charge in [-0.05, 0) is 288 Å². The molecule has 50 heteroatoms. The number of nitrogen functional groups attached to an aromatic ring is 11. The molecule has 0 fully saturated rings. The zero-order valence-corrected chi connectivity index (χ0v) is 91.7. The standard InChI is InChI=1S/C8H7ClFNO.C8H8ClFO2S.C7H7ClFNO2S.2C7H7ClFN.2C7H8ClN.C7H7F2N.C6H6ClFN2.C6H5ClFN.2C6H7ClN2.C6H7FN2.2C5H7N3/c1-4-6(8(11)12)2-5(9)3-7(4)10;1-5-7(10)3-6(9)4-8(5)13-12-11-2;1-4-6(9)2-5(8)3-7(4)13-12-11-10;1-4-6(9)2-5(8)3-7(4)10;1-4-2-7(10)5(8)3-6(4)9;1-5-2-6(8)4-7(9)3-5;1-5-2-3-6(8)7(9)4-5;1-4-2-5(8)6(9)3-7(4)10;1-3-5(8)2-4(7)6(9)10-3;1-4-2-6(8)5(7)3-9-4;1-4-2-5(7)9-6(8)3-4;1-4-2-3-5(7)6(8)9-4;1-4-2-6(8)9-3-5(4)7;1-4-2-5(6)8-3-7-4;1-4-2-3-7-5(6)8-4/h2-3H,1H3,(H2,11,12);3-4H,1-2H3;2-3H,10H2,1H3;2*2-3H,10H2,1H3;2*2-4H,9H2,1H3;2-3H,10H2,1H3;2H,1H3,(H2,9,10);2-3H,1H3;3*2-3H,1H3,(H2,8,9);2*2-3H,1H3,(H2,6,7,8). The molecule has 8 aromatic carbocycles. The number of nitrogens with zero attached hydrogens (tertiary/aromatic N) is 9. The molecule has 7 aromatic heterocycles. The maximum atomic E-state index is 13.1. The predicted molar refractivity (Wildman–Crippen MR) is 586 cm³/mol. The van der Waals surface area contributed by atoms with E-state index in [2.05, 4.69) is 69.3 Å². The second kappa shape index (κ2) is 69.3. The molecule has 0 saturated heterocycles. The molecule has 0 spiro atoms. The van der Waals surface area contributed by atoms with Crippen LogP contribution in [-0.2, 0) is 18.5 Å². The summed E-state index contributed by atoms with van der Waals surface area (Å²) in [5, 5.41) is 3.93. The van der Waals surface area contributed by atoms with Crippen LogP contribution in [0, 0.1) is 162 Å². The molecule has 7 heterocycles. The van der Waals surface area contributed by atoms with E-state index in [0.717, 1.165) is 94.0 Å². The van der Waals surface area contributed by atoms with Crippen LogP contribution >= 0.6 is 152 Å². The van der Waals surface area contributed by atoms with Gasteiger partial charge in [-0.3, -0.25) is 9.78 Å². The number of nitrogens with two attached hydrogens (primary N) is 13. The van der Waals surface area contributed by atoms with Crippen molar-refractivity contribution in [3.63, 3.8) is 0 Å². The van der Waals surface area contributed by atoms with Crippen molar-refractivity contribution in [1.82, 2.24) is 44.9 Å². The number of benzene rings is 8. The summed E-state index contributed by atoms with van der Waals surface area (Å²) in [6.45, 7) is 26.0. The number of hydrogen-bond donors (Lipinski definition) is 13. The second-order valence-electron chi connectivity index (χ2n) is 29.8. The van der Waals surface area contributed by atoms with Crippen molar-refractivity contribution < 1.29 is 67.2 Å². The molecule has 0 aliphatic rings. The lowest BCUT2D eigenvalue weighted by molar-refractivity contribution is -0.195. The maximum absolute atomic E-state index is 13.1. The Labute approximate surface area is 913 Å². The molecule has 0 bridgehead atoms. The minimum Gasteiger partial charge on any atom is -0.399 e. The van der Waals surface area contributed by atoms with Crippen LogP contribution in [0.15, 0.2) is 199 Å². The number of primary amides is 1. The van der Waals surface area contributed by atoms with Crippen molar-refractivity contribution in [1.29, 1.82) is 0 Å². The van der Waals surface area contributed by atoms with Gasteiger partial charge in [-0.15, -0.1) is 9.32 Å². The lowest BCUT2D eigenvalue weighted by atomic mass is 10.1. The van der Waals surface area contributed by atoms with Crippen molar-refractivity contribution in [3.8, 4) is 0 Å². The van der Waals surface area contributed by atoms with Gasteiger partial charge in [-0.2, -0.15) is 10.2 Å². The molecule has 26 N–H and O–H groups in total. The summed E-state index contributed by atoms with van der Waals surface area (Å²) in [4.78, 5) is 53.9. The Morgan fingerprint density at radius 2 is 0.811 bits per heavy atom. The topological polar surface area (TPSA) is 508 Å². The molecular formula is C98H105Cl11F10N22O5S2. The SMILES string of the molecule is COOSc1cc(Cl)cc(F)c1C.Cc1c(F)cc(Cl)cc1C(N)=O.Cc1c(F)cc(Cl)cc1SOON.Cc1c(N)cc(Cl)cc1F.Cc1cc(F)c(Cl)cn1.Cc1cc(F)c(F)cc1N.Cc1cc(N)c(Cl)cc1F.Cc1cc(N)cc(Cl)c1.Cc1cc(N)nc(Cl)c1.Cc1cc(N)ncc1F.Cc1cc(N)ncn1.Cc1ccc(Cl)c(N)c1.Cc1ccc(Cl)c(N)n1.Cc1ccnc(N)n1.Cc1nc(N)c(Cl)cc1F. The van der Waals surface area contributed by atoms with Gasteiger partial charge in [-0.25, -0.2) is 88.7 Å². The average Bonchev–Trinajstić information content (AvgIpc) is 0.834. The van der Waals surface area contributed by atoms with Crippen molar-refractivity contribution in [2.45, 2.75) is 114 Å². The largest absolute Gasteiger partial charge is 0.399 e. The van der Waals surface area contributed by atoms with Crippen LogP contribution in [0.25, 0.3) is 0 Å². The van der Waals surface area contributed by atoms with E-state index >= 15 is 0 Å². The van der Waals surface area contributed by atoms with Crippen LogP contribution in [0.2, 0.25) is 55.4 Å². The Balaban J connectivity index is 0.000000794. The van der Waals surface area contributed by atoms with Gasteiger partial charge >= 0.3 is 0 Å². The summed E-state index contributed by atoms with van der Waals surface area (Å²) in [7, 11) is 1.38. The van der Waals surface area contributed by atoms with E-state index in [-0.39, 0.29) is 71.7 Å². The molecule has 0 aliphatic carbocycles. The zero-order valence-electron chi connectivity index (χ0n) is 81.7. The lowest BCUT2D eigenvalue weighted by Gasteiger charge is -2.04. The highest BCUT2D eigenvalue weighted by molar-refractivity contribution is 7.94. The lowest BCUT2D eigenvalue weighted by Crippen LogP contribution is -2.13. The first-order valence-electron chi connectivity index (χ1n) is 41.5. The van der Waals surface area contributed by atoms with E-state index in [0.29, 0.717) is 130 Å². The number of amides is 1. The summed E-state index contributed by atoms with van der Waals surface area (Å²) < 4.78 is 135. The van der Waals surface area contributed by atoms with Crippen molar-refractivity contribution >= 4 is 221 Å². The second-order valence-corrected chi connectivity index (χ2v) is 35.9. The number of anilines is 11. The van der Waals surface area contributed by atoms with E-state index < -0.39 is 40.8 Å². The number of rotatable bonds is 7. The monoisotopic (exact) mass is 2310 g/mol. The first kappa shape index (κ1) is 134. The third kappa shape index (κ3) is 54.7. The highest BCUT2D eigenvalue weighted by Gasteiger charge is 2.14. The fourth-order valence-corrected chi connectivity index (χ4v) is 12.9. The number of hydrogen-bond acceptors (Lipinski definition) is 28. The molecule has 0 aliphatic heterocycles. The molecule has 27 nitrogen and oxygen atoms in total. The molecule has 0 atom stereocenters. The number of aryl methyl sites for hydroxylation is 11. The van der Waals surface area contributed by atoms with Crippen molar-refractivity contribution in [2.24, 2.45) is 11.6 Å². The van der Waals surface area contributed by atoms with Gasteiger partial charge in [0.2, 0.25) is 11.9 Å². The van der Waals surface area contributed by atoms with Gasteiger partial charge in [0.05, 0.1) is 79.6 Å². The van der Waals surface area contributed by atoms with Gasteiger partial charge in [0.25, 0.3) is 0 Å². The van der Waals surface area contributed by atoms with Gasteiger partial charge < -0.3 is 68.8 Å². The summed E-state index contributed by atoms with van der Waals surface area (Å²) in [6.07, 6.45) is 5.50. The molecule has 1 amide bonds. The highest BCUT2D eigenvalue weighted by atomic mass is 35.5. The Hall–Kier alpha value is -12.1. The first-order valence-corrected chi connectivity index (χ1v) is 47.2. The molecule has 148 heavy (non-hydrogen) atoms. The van der Waals surface area contributed by atoms with Gasteiger partial charge in [0, 0.05) is 122 Å². The minimum atomic E-state index is -0.900. The maximum Gasteiger partial charge on any atom is 0.249 e. The third-order valence-corrected chi connectivity index (χ3v) is 21.8. The summed E-state index contributed by atoms with van der Waals surface area (Å²) >= 11 is 62.8. The Morgan fingerprint density at radius 1 is 0.318 bits per heavy atom. The predicted octanol–water partition coefficient (Wildman–Crippen LogP) is 28.0. The molecule has 0 radical (unpaired) electrons. The number of pyridine rings is 5. The Kier molecular flexibility index (Phi) is 62.7. The molecule has 0 unspecified atom stereocenters. The fourth-order valence-electron chi connectivity index (χ4n) is 9.68. The van der Waals surface area contributed by atoms with Gasteiger partial charge in [0.1, 0.15) is 87.1 Å². The van der Waals surface area contributed by atoms with E-state index in [1.165, 1.54) is 88.1 Å². The van der Waals surface area contributed by atoms with E-state index in [1.54, 1.807) is 109 Å². The fraction of sp³-hybridized carbons (Fsp3) is 0.163. The normalized spacial score (nSPS) is 9.80. The minimum absolute atomic E-state index is 0.0700. The van der Waals surface area contributed by atoms with Crippen LogP contribution in [0.1, 0.15) is 94.5 Å². The Bertz CT molecular complexity index is 6040. The molecule has 0 saturated carbocycles. The van der Waals surface area contributed by atoms with Crippen molar-refractivity contribution in [2.75, 3.05) is 70.2 Å². The van der Waals surface area contributed by atoms with Gasteiger partial charge in [0.15, 0.2) is 11.6 Å². The quantitative estimate of drug-likeness (QED) is 0.0176. The molecule has 15 rings (SSSR count). The average molecular weight is 2320 g/mol. The summed E-state index contributed by atoms with van der Waals surface area (Å²) in [5.41, 5.74) is 76.5. The van der Waals surface area contributed by atoms with Crippen LogP contribution < -0.4 is 74.7 Å². The van der Waals surface area contributed by atoms with Crippen LogP contribution in [-0.4, -0.2) is 57.9 Å². The molecule has 796 valence electrons. The third-order valence-electron chi connectivity index (χ3n) is 17.4. The molecule has 15 aromatic rings. The van der Waals surface area contributed by atoms with Crippen molar-refractivity contribution in [3.05, 3.63) is 392 Å². The zero-order chi connectivity index (χ0) is 113.